The summed E-state index contributed by atoms with van der Waals surface area (Å²) in [7, 11) is 3.20. The first-order valence-electron chi connectivity index (χ1n) is 11.1. The van der Waals surface area contributed by atoms with E-state index in [-0.39, 0.29) is 12.0 Å². The molecule has 7 heteroatoms. The maximum absolute atomic E-state index is 13.3. The van der Waals surface area contributed by atoms with Gasteiger partial charge in [-0.2, -0.15) is 0 Å². The van der Waals surface area contributed by atoms with Crippen LogP contribution in [0, 0.1) is 5.92 Å². The molecule has 3 heterocycles. The van der Waals surface area contributed by atoms with E-state index in [2.05, 4.69) is 24.0 Å². The summed E-state index contributed by atoms with van der Waals surface area (Å²) < 4.78 is 11.0. The molecule has 0 radical (unpaired) electrons. The van der Waals surface area contributed by atoms with Crippen molar-refractivity contribution >= 4 is 17.6 Å². The van der Waals surface area contributed by atoms with Crippen LogP contribution in [0.5, 0.6) is 0 Å². The van der Waals surface area contributed by atoms with E-state index in [1.807, 2.05) is 30.1 Å². The summed E-state index contributed by atoms with van der Waals surface area (Å²) in [6.07, 6.45) is 2.74. The highest BCUT2D eigenvalue weighted by molar-refractivity contribution is 5.86. The van der Waals surface area contributed by atoms with Gasteiger partial charge in [-0.25, -0.2) is 4.79 Å². The second-order valence-corrected chi connectivity index (χ2v) is 9.27. The van der Waals surface area contributed by atoms with Crippen molar-refractivity contribution in [1.29, 1.82) is 0 Å². The van der Waals surface area contributed by atoms with Crippen molar-refractivity contribution in [2.45, 2.75) is 55.9 Å². The number of ether oxygens (including phenoxy) is 2. The zero-order chi connectivity index (χ0) is 22.1. The molecule has 1 aromatic carbocycles. The van der Waals surface area contributed by atoms with Crippen LogP contribution in [0.2, 0.25) is 0 Å². The largest absolute Gasteiger partial charge is 0.467 e. The third-order valence-corrected chi connectivity index (χ3v) is 8.14. The van der Waals surface area contributed by atoms with Crippen LogP contribution in [0.15, 0.2) is 35.9 Å². The van der Waals surface area contributed by atoms with Crippen LogP contribution in [0.25, 0.3) is 0 Å². The lowest BCUT2D eigenvalue weighted by molar-refractivity contribution is -0.212. The lowest BCUT2D eigenvalue weighted by Gasteiger charge is -2.59. The molecule has 2 fully saturated rings. The molecule has 0 aromatic heterocycles. The molecule has 1 N–H and O–H groups in total. The Morgan fingerprint density at radius 3 is 2.71 bits per heavy atom. The molecular formula is C24H30N2O5. The Kier molecular flexibility index (Phi) is 4.51. The second kappa shape index (κ2) is 6.81. The van der Waals surface area contributed by atoms with Gasteiger partial charge in [-0.05, 0) is 31.0 Å². The van der Waals surface area contributed by atoms with Gasteiger partial charge in [0, 0.05) is 43.6 Å². The fraction of sp³-hybridized carbons (Fsp3) is 0.583. The second-order valence-electron chi connectivity index (χ2n) is 9.27. The molecule has 5 rings (SSSR count). The summed E-state index contributed by atoms with van der Waals surface area (Å²) >= 11 is 0. The van der Waals surface area contributed by atoms with Gasteiger partial charge >= 0.3 is 11.9 Å². The molecule has 7 nitrogen and oxygen atoms in total. The monoisotopic (exact) mass is 426 g/mol. The van der Waals surface area contributed by atoms with E-state index >= 15 is 0 Å². The van der Waals surface area contributed by atoms with Crippen LogP contribution in [0.1, 0.15) is 32.3 Å². The topological polar surface area (TPSA) is 79.3 Å². The minimum Gasteiger partial charge on any atom is -0.467 e. The van der Waals surface area contributed by atoms with Gasteiger partial charge in [0.05, 0.1) is 13.2 Å². The average Bonchev–Trinajstić information content (AvgIpc) is 3.27. The summed E-state index contributed by atoms with van der Waals surface area (Å²) in [6, 6.07) is 7.59. The highest BCUT2D eigenvalue weighted by Crippen LogP contribution is 2.63. The Morgan fingerprint density at radius 1 is 1.29 bits per heavy atom. The Bertz CT molecular complexity index is 976. The number of likely N-dealkylation sites (N-methyl/N-ethyl adjacent to an activating group) is 1. The van der Waals surface area contributed by atoms with Gasteiger partial charge in [0.15, 0.2) is 6.10 Å². The molecule has 1 spiro atoms. The van der Waals surface area contributed by atoms with Crippen molar-refractivity contribution in [3.63, 3.8) is 0 Å². The molecule has 31 heavy (non-hydrogen) atoms. The van der Waals surface area contributed by atoms with Gasteiger partial charge in [-0.1, -0.05) is 36.8 Å². The van der Waals surface area contributed by atoms with Crippen LogP contribution in [0.3, 0.4) is 0 Å². The first kappa shape index (κ1) is 20.5. The average molecular weight is 427 g/mol. The fourth-order valence-corrected chi connectivity index (χ4v) is 7.26. The van der Waals surface area contributed by atoms with Crippen LogP contribution >= 0.6 is 0 Å². The molecule has 1 aliphatic carbocycles. The molecule has 0 amide bonds. The number of para-hydroxylation sites is 1. The Balaban J connectivity index is 1.83. The quantitative estimate of drug-likeness (QED) is 0.581. The van der Waals surface area contributed by atoms with Crippen LogP contribution in [0.4, 0.5) is 5.69 Å². The first-order valence-corrected chi connectivity index (χ1v) is 11.1. The lowest BCUT2D eigenvalue weighted by atomic mass is 9.53. The maximum Gasteiger partial charge on any atom is 0.344 e. The number of anilines is 1. The molecule has 3 aliphatic heterocycles. The highest BCUT2D eigenvalue weighted by Gasteiger charge is 2.77. The normalized spacial score (nSPS) is 38.1. The van der Waals surface area contributed by atoms with Crippen molar-refractivity contribution in [1.82, 2.24) is 4.90 Å². The number of aliphatic hydroxyl groups is 1. The van der Waals surface area contributed by atoms with E-state index in [9.17, 15) is 14.7 Å². The zero-order valence-corrected chi connectivity index (χ0v) is 18.5. The number of esters is 2. The summed E-state index contributed by atoms with van der Waals surface area (Å²) in [5.41, 5.74) is 0.815. The molecule has 1 saturated heterocycles. The molecule has 4 aliphatic rings. The number of fused-ring (bicyclic) bond motifs is 1. The van der Waals surface area contributed by atoms with Crippen molar-refractivity contribution in [2.24, 2.45) is 5.92 Å². The lowest BCUT2D eigenvalue weighted by Crippen LogP contribution is -2.78. The van der Waals surface area contributed by atoms with Gasteiger partial charge in [0.2, 0.25) is 5.60 Å². The number of benzene rings is 1. The molecule has 6 unspecified atom stereocenters. The van der Waals surface area contributed by atoms with E-state index in [0.717, 1.165) is 42.8 Å². The van der Waals surface area contributed by atoms with Crippen molar-refractivity contribution in [2.75, 3.05) is 32.1 Å². The number of carbonyl (C=O) groups excluding carboxylic acids is 2. The Hall–Kier alpha value is -2.38. The summed E-state index contributed by atoms with van der Waals surface area (Å²) in [6.45, 7) is 5.09. The van der Waals surface area contributed by atoms with E-state index < -0.39 is 35.1 Å². The fourth-order valence-electron chi connectivity index (χ4n) is 7.26. The maximum atomic E-state index is 13.3. The third kappa shape index (κ3) is 2.36. The van der Waals surface area contributed by atoms with E-state index in [1.165, 1.54) is 14.0 Å². The van der Waals surface area contributed by atoms with Gasteiger partial charge in [0.1, 0.15) is 0 Å². The zero-order valence-electron chi connectivity index (χ0n) is 18.5. The number of nitrogens with zero attached hydrogens (tertiary/aromatic N) is 2. The standard InChI is InChI=1S/C24H30N2O5/c1-5-15-10-12-26-13-11-23-16-8-6-7-9-17(16)25(3)21(23)24(29,22(28)30-4)20(31-14(2)27)18(15)19(23)26/h6-10,18-21,29H,5,11-13H2,1-4H3. The summed E-state index contributed by atoms with van der Waals surface area (Å²) in [4.78, 5) is 30.0. The number of carbonyl (C=O) groups is 2. The molecule has 166 valence electrons. The highest BCUT2D eigenvalue weighted by atomic mass is 16.6. The van der Waals surface area contributed by atoms with Gasteiger partial charge < -0.3 is 19.5 Å². The van der Waals surface area contributed by atoms with Gasteiger partial charge in [-0.15, -0.1) is 0 Å². The summed E-state index contributed by atoms with van der Waals surface area (Å²) in [5, 5.41) is 12.3. The SMILES string of the molecule is CCC1=CCN2CCC34c5ccccc5N(C)C3C(O)(C(=O)OC)C(OC(C)=O)C1C24. The summed E-state index contributed by atoms with van der Waals surface area (Å²) in [5.74, 6) is -1.55. The number of hydrogen-bond acceptors (Lipinski definition) is 7. The molecule has 0 bridgehead atoms. The van der Waals surface area contributed by atoms with Crippen molar-refractivity contribution in [3.05, 3.63) is 41.5 Å². The predicted octanol–water partition coefficient (Wildman–Crippen LogP) is 1.63. The number of methoxy groups -OCH3 is 1. The van der Waals surface area contributed by atoms with Crippen LogP contribution < -0.4 is 4.90 Å². The predicted molar refractivity (Wildman–Crippen MR) is 115 cm³/mol. The third-order valence-electron chi connectivity index (χ3n) is 8.14. The van der Waals surface area contributed by atoms with Crippen molar-refractivity contribution < 1.29 is 24.2 Å². The molecule has 6 atom stereocenters. The first-order chi connectivity index (χ1) is 14.8. The van der Waals surface area contributed by atoms with Crippen LogP contribution in [-0.4, -0.2) is 73.0 Å². The van der Waals surface area contributed by atoms with Gasteiger partial charge in [0.25, 0.3) is 0 Å². The van der Waals surface area contributed by atoms with E-state index in [1.54, 1.807) is 0 Å². The minimum atomic E-state index is -2.00. The minimum absolute atomic E-state index is 0.0258. The Labute approximate surface area is 182 Å². The molecular weight excluding hydrogens is 396 g/mol. The Morgan fingerprint density at radius 2 is 2.03 bits per heavy atom. The molecule has 1 saturated carbocycles. The number of hydrogen-bond donors (Lipinski definition) is 1. The van der Waals surface area contributed by atoms with Crippen molar-refractivity contribution in [3.8, 4) is 0 Å². The van der Waals surface area contributed by atoms with E-state index in [0.29, 0.717) is 0 Å². The van der Waals surface area contributed by atoms with Crippen LogP contribution in [-0.2, 0) is 24.5 Å². The smallest absolute Gasteiger partial charge is 0.344 e. The van der Waals surface area contributed by atoms with E-state index in [4.69, 9.17) is 9.47 Å². The van der Waals surface area contributed by atoms with Gasteiger partial charge in [-0.3, -0.25) is 9.69 Å². The number of rotatable bonds is 3. The molecule has 1 aromatic rings.